The summed E-state index contributed by atoms with van der Waals surface area (Å²) in [5, 5.41) is 18.4. The second-order valence-electron chi connectivity index (χ2n) is 11.9. The third kappa shape index (κ3) is 5.54. The molecule has 238 valence electrons. The lowest BCUT2D eigenvalue weighted by atomic mass is 9.70. The van der Waals surface area contributed by atoms with E-state index in [0.29, 0.717) is 13.2 Å². The molecule has 1 N–H and O–H groups in total. The van der Waals surface area contributed by atoms with Gasteiger partial charge in [0, 0.05) is 35.6 Å². The maximum atomic E-state index is 15.6. The number of ether oxygens (including phenoxy) is 2. The van der Waals surface area contributed by atoms with E-state index in [-0.39, 0.29) is 69.5 Å². The molecule has 47 heavy (non-hydrogen) atoms. The van der Waals surface area contributed by atoms with E-state index >= 15 is 13.2 Å². The molecular formula is C34H23F5N4O4. The Labute approximate surface area is 263 Å². The summed E-state index contributed by atoms with van der Waals surface area (Å²) in [5.74, 6) is -5.76. The van der Waals surface area contributed by atoms with Crippen LogP contribution in [0.5, 0.6) is 5.88 Å². The van der Waals surface area contributed by atoms with Crippen molar-refractivity contribution in [2.75, 3.05) is 6.61 Å². The van der Waals surface area contributed by atoms with Gasteiger partial charge in [0.1, 0.15) is 46.9 Å². The van der Waals surface area contributed by atoms with Crippen molar-refractivity contribution in [3.8, 4) is 23.2 Å². The van der Waals surface area contributed by atoms with Crippen molar-refractivity contribution in [1.82, 2.24) is 14.5 Å². The molecule has 2 aromatic heterocycles. The van der Waals surface area contributed by atoms with Gasteiger partial charge in [0.15, 0.2) is 5.82 Å². The molecule has 0 unspecified atom stereocenters. The van der Waals surface area contributed by atoms with Crippen molar-refractivity contribution >= 4 is 17.0 Å². The molecule has 0 amide bonds. The number of aromatic carboxylic acids is 1. The molecule has 3 aromatic carbocycles. The zero-order chi connectivity index (χ0) is 33.0. The highest BCUT2D eigenvalue weighted by molar-refractivity contribution is 5.92. The van der Waals surface area contributed by atoms with Crippen LogP contribution in [0, 0.1) is 45.8 Å². The first-order chi connectivity index (χ1) is 22.5. The monoisotopic (exact) mass is 646 g/mol. The van der Waals surface area contributed by atoms with Crippen molar-refractivity contribution in [2.24, 2.45) is 5.41 Å². The smallest absolute Gasteiger partial charge is 0.335 e. The number of aromatic nitrogens is 3. The second kappa shape index (κ2) is 11.5. The number of imidazole rings is 1. The lowest BCUT2D eigenvalue weighted by Gasteiger charge is -2.36. The van der Waals surface area contributed by atoms with E-state index < -0.39 is 46.3 Å². The molecule has 2 aliphatic heterocycles. The Balaban J connectivity index is 1.20. The first kappa shape index (κ1) is 30.3. The fourth-order valence-corrected chi connectivity index (χ4v) is 6.27. The molecule has 8 rings (SSSR count). The Hall–Kier alpha value is -5.35. The second-order valence-corrected chi connectivity index (χ2v) is 11.9. The summed E-state index contributed by atoms with van der Waals surface area (Å²) >= 11 is 0. The van der Waals surface area contributed by atoms with Crippen LogP contribution in [0.1, 0.15) is 45.7 Å². The molecular weight excluding hydrogens is 623 g/mol. The molecule has 0 radical (unpaired) electrons. The number of carbonyl (C=O) groups is 1. The first-order valence-corrected chi connectivity index (χ1v) is 14.5. The third-order valence-corrected chi connectivity index (χ3v) is 8.69. The van der Waals surface area contributed by atoms with E-state index in [1.165, 1.54) is 18.2 Å². The van der Waals surface area contributed by atoms with Gasteiger partial charge in [0.25, 0.3) is 0 Å². The van der Waals surface area contributed by atoms with Gasteiger partial charge in [-0.1, -0.05) is 6.07 Å². The molecule has 4 heterocycles. The standard InChI is InChI=1S/C34H23F5N4O4/c35-23-3-4-30(46-14-18-2-1-17(13-40)5-24(18)36)42-31(23)22-10-25(37)19(6-26(22)38)9-29-41-32-27(39)7-20(33(44)45)8-28(32)43(29)15-34-11-21(12-34)47-16-34/h1-8,10,21H,9,11-12,14-16H2,(H,44,45). The van der Waals surface area contributed by atoms with Crippen molar-refractivity contribution < 1.29 is 41.3 Å². The number of nitrogens with zero attached hydrogens (tertiary/aromatic N) is 4. The van der Waals surface area contributed by atoms with Crippen LogP contribution in [0.3, 0.4) is 0 Å². The van der Waals surface area contributed by atoms with Gasteiger partial charge >= 0.3 is 5.97 Å². The Morgan fingerprint density at radius 1 is 0.957 bits per heavy atom. The molecule has 3 aliphatic rings. The zero-order valence-electron chi connectivity index (χ0n) is 24.4. The molecule has 8 nitrogen and oxygen atoms in total. The Morgan fingerprint density at radius 2 is 1.74 bits per heavy atom. The van der Waals surface area contributed by atoms with Gasteiger partial charge in [-0.15, -0.1) is 0 Å². The van der Waals surface area contributed by atoms with Gasteiger partial charge < -0.3 is 19.1 Å². The highest BCUT2D eigenvalue weighted by atomic mass is 19.1. The largest absolute Gasteiger partial charge is 0.478 e. The Morgan fingerprint density at radius 3 is 2.45 bits per heavy atom. The summed E-state index contributed by atoms with van der Waals surface area (Å²) in [6.07, 6.45) is 1.35. The Bertz CT molecular complexity index is 2130. The maximum Gasteiger partial charge on any atom is 0.335 e. The number of nitriles is 1. The minimum Gasteiger partial charge on any atom is -0.478 e. The van der Waals surface area contributed by atoms with E-state index in [4.69, 9.17) is 14.7 Å². The number of benzene rings is 3. The fraction of sp³-hybridized carbons (Fsp3) is 0.235. The van der Waals surface area contributed by atoms with Gasteiger partial charge in [0.05, 0.1) is 35.4 Å². The number of halogens is 5. The zero-order valence-corrected chi connectivity index (χ0v) is 24.4. The lowest BCUT2D eigenvalue weighted by Crippen LogP contribution is -2.37. The molecule has 0 spiro atoms. The highest BCUT2D eigenvalue weighted by Gasteiger charge is 2.52. The topological polar surface area (TPSA) is 110 Å². The van der Waals surface area contributed by atoms with Gasteiger partial charge in [-0.25, -0.2) is 36.7 Å². The quantitative estimate of drug-likeness (QED) is 0.177. The minimum absolute atomic E-state index is 0.0977. The number of carboxylic acid groups (broad SMARTS) is 1. The molecule has 13 heteroatoms. The molecule has 2 saturated heterocycles. The van der Waals surface area contributed by atoms with E-state index in [1.807, 2.05) is 6.07 Å². The normalized spacial score (nSPS) is 18.3. The molecule has 1 saturated carbocycles. The fourth-order valence-electron chi connectivity index (χ4n) is 6.27. The number of pyridine rings is 1. The average molecular weight is 647 g/mol. The molecule has 0 atom stereocenters. The van der Waals surface area contributed by atoms with Crippen molar-refractivity contribution in [3.05, 3.63) is 112 Å². The predicted molar refractivity (Wildman–Crippen MR) is 156 cm³/mol. The van der Waals surface area contributed by atoms with Crippen LogP contribution in [0.25, 0.3) is 22.3 Å². The van der Waals surface area contributed by atoms with Crippen LogP contribution in [0.2, 0.25) is 0 Å². The summed E-state index contributed by atoms with van der Waals surface area (Å²) in [6, 6.07) is 11.5. The van der Waals surface area contributed by atoms with E-state index in [1.54, 1.807) is 4.57 Å². The summed E-state index contributed by atoms with van der Waals surface area (Å²) < 4.78 is 88.1. The predicted octanol–water partition coefficient (Wildman–Crippen LogP) is 6.71. The molecule has 1 aliphatic carbocycles. The molecule has 3 fully saturated rings. The van der Waals surface area contributed by atoms with Crippen molar-refractivity contribution in [1.29, 1.82) is 5.26 Å². The van der Waals surface area contributed by atoms with E-state index in [9.17, 15) is 18.7 Å². The maximum absolute atomic E-state index is 15.6. The van der Waals surface area contributed by atoms with Gasteiger partial charge in [0.2, 0.25) is 5.88 Å². The summed E-state index contributed by atoms with van der Waals surface area (Å²) in [7, 11) is 0. The highest BCUT2D eigenvalue weighted by Crippen LogP contribution is 2.51. The van der Waals surface area contributed by atoms with E-state index in [0.717, 1.165) is 49.2 Å². The number of carboxylic acids is 1. The lowest BCUT2D eigenvalue weighted by molar-refractivity contribution is 0.0696. The minimum atomic E-state index is -1.33. The van der Waals surface area contributed by atoms with Crippen molar-refractivity contribution in [2.45, 2.75) is 38.5 Å². The molecule has 5 aromatic rings. The van der Waals surface area contributed by atoms with Gasteiger partial charge in [-0.05, 0) is 60.9 Å². The van der Waals surface area contributed by atoms with Crippen LogP contribution < -0.4 is 4.74 Å². The van der Waals surface area contributed by atoms with Crippen LogP contribution in [-0.4, -0.2) is 38.3 Å². The van der Waals surface area contributed by atoms with Gasteiger partial charge in [-0.3, -0.25) is 0 Å². The summed E-state index contributed by atoms with van der Waals surface area (Å²) in [5.41, 5.74) is -1.41. The van der Waals surface area contributed by atoms with Crippen LogP contribution in [0.15, 0.2) is 54.6 Å². The van der Waals surface area contributed by atoms with Crippen LogP contribution in [0.4, 0.5) is 22.0 Å². The Kier molecular flexibility index (Phi) is 7.40. The number of fused-ring (bicyclic) bond motifs is 2. The van der Waals surface area contributed by atoms with Gasteiger partial charge in [-0.2, -0.15) is 5.26 Å². The summed E-state index contributed by atoms with van der Waals surface area (Å²) in [6.45, 7) is 0.447. The number of hydrogen-bond acceptors (Lipinski definition) is 6. The summed E-state index contributed by atoms with van der Waals surface area (Å²) in [4.78, 5) is 20.0. The van der Waals surface area contributed by atoms with Crippen LogP contribution in [-0.2, 0) is 24.3 Å². The molecule has 2 bridgehead atoms. The number of rotatable bonds is 9. The third-order valence-electron chi connectivity index (χ3n) is 8.69. The number of hydrogen-bond donors (Lipinski definition) is 1. The SMILES string of the molecule is N#Cc1ccc(COc2ccc(F)c(-c3cc(F)c(Cc4nc5c(F)cc(C(=O)O)cc5n4CC45COC(C4)C5)cc3F)n2)c(F)c1. The van der Waals surface area contributed by atoms with Crippen LogP contribution >= 0.6 is 0 Å². The van der Waals surface area contributed by atoms with Crippen molar-refractivity contribution in [3.63, 3.8) is 0 Å². The average Bonchev–Trinajstić information content (AvgIpc) is 3.73. The van der Waals surface area contributed by atoms with E-state index in [2.05, 4.69) is 9.97 Å². The first-order valence-electron chi connectivity index (χ1n) is 14.5.